The van der Waals surface area contributed by atoms with Crippen molar-refractivity contribution in [2.45, 2.75) is 45.8 Å². The molecule has 0 bridgehead atoms. The van der Waals surface area contributed by atoms with Crippen molar-refractivity contribution in [3.05, 3.63) is 23.8 Å². The standard InChI is InChI=1S/C15H21F3N2/c1-14(2,3)9-11-6-7-19-13-8-10(15(16,17)18)4-5-12(13)20-11/h4-5,8,11,19-20H,6-7,9H2,1-3H3. The fraction of sp³-hybridized carbons (Fsp3) is 0.600. The first-order valence-corrected chi connectivity index (χ1v) is 6.87. The van der Waals surface area contributed by atoms with Crippen molar-refractivity contribution >= 4 is 11.4 Å². The highest BCUT2D eigenvalue weighted by molar-refractivity contribution is 5.71. The van der Waals surface area contributed by atoms with Gasteiger partial charge in [0, 0.05) is 12.6 Å². The van der Waals surface area contributed by atoms with Gasteiger partial charge in [-0.15, -0.1) is 0 Å². The third-order valence-corrected chi connectivity index (χ3v) is 3.37. The Morgan fingerprint density at radius 3 is 2.45 bits per heavy atom. The van der Waals surface area contributed by atoms with Crippen molar-refractivity contribution in [2.24, 2.45) is 5.41 Å². The third-order valence-electron chi connectivity index (χ3n) is 3.37. The molecule has 0 aromatic heterocycles. The number of anilines is 2. The Morgan fingerprint density at radius 2 is 1.85 bits per heavy atom. The summed E-state index contributed by atoms with van der Waals surface area (Å²) < 4.78 is 38.1. The molecule has 0 saturated heterocycles. The largest absolute Gasteiger partial charge is 0.416 e. The first kappa shape index (κ1) is 15.0. The minimum absolute atomic E-state index is 0.189. The summed E-state index contributed by atoms with van der Waals surface area (Å²) in [6.45, 7) is 7.18. The lowest BCUT2D eigenvalue weighted by molar-refractivity contribution is -0.137. The average Bonchev–Trinajstić information content (AvgIpc) is 2.45. The number of hydrogen-bond acceptors (Lipinski definition) is 2. The van der Waals surface area contributed by atoms with E-state index >= 15 is 0 Å². The van der Waals surface area contributed by atoms with E-state index < -0.39 is 11.7 Å². The summed E-state index contributed by atoms with van der Waals surface area (Å²) >= 11 is 0. The van der Waals surface area contributed by atoms with Gasteiger partial charge in [-0.25, -0.2) is 0 Å². The second kappa shape index (κ2) is 5.19. The van der Waals surface area contributed by atoms with Gasteiger partial charge in [-0.2, -0.15) is 13.2 Å². The minimum Gasteiger partial charge on any atom is -0.383 e. The maximum atomic E-state index is 12.7. The van der Waals surface area contributed by atoms with Crippen molar-refractivity contribution in [1.82, 2.24) is 0 Å². The summed E-state index contributed by atoms with van der Waals surface area (Å²) in [4.78, 5) is 0. The van der Waals surface area contributed by atoms with E-state index in [1.165, 1.54) is 12.1 Å². The van der Waals surface area contributed by atoms with Crippen LogP contribution in [-0.2, 0) is 6.18 Å². The Kier molecular flexibility index (Phi) is 3.89. The van der Waals surface area contributed by atoms with E-state index in [1.54, 1.807) is 0 Å². The second-order valence-electron chi connectivity index (χ2n) is 6.58. The van der Waals surface area contributed by atoms with Crippen LogP contribution in [0.25, 0.3) is 0 Å². The SMILES string of the molecule is CC(C)(C)CC1CCNc2cc(C(F)(F)F)ccc2N1. The highest BCUT2D eigenvalue weighted by Gasteiger charge is 2.31. The molecule has 1 aromatic carbocycles. The van der Waals surface area contributed by atoms with Crippen molar-refractivity contribution in [3.63, 3.8) is 0 Å². The molecular weight excluding hydrogens is 265 g/mol. The highest BCUT2D eigenvalue weighted by Crippen LogP contribution is 2.36. The first-order valence-electron chi connectivity index (χ1n) is 6.87. The Balaban J connectivity index is 2.20. The predicted octanol–water partition coefficient (Wildman–Crippen LogP) is 4.74. The van der Waals surface area contributed by atoms with Crippen LogP contribution in [0.1, 0.15) is 39.2 Å². The van der Waals surface area contributed by atoms with Gasteiger partial charge in [-0.3, -0.25) is 0 Å². The van der Waals surface area contributed by atoms with Gasteiger partial charge in [0.25, 0.3) is 0 Å². The van der Waals surface area contributed by atoms with Crippen LogP contribution >= 0.6 is 0 Å². The van der Waals surface area contributed by atoms with Crippen LogP contribution < -0.4 is 10.6 Å². The Morgan fingerprint density at radius 1 is 1.15 bits per heavy atom. The normalized spacial score (nSPS) is 19.6. The number of rotatable bonds is 1. The smallest absolute Gasteiger partial charge is 0.383 e. The monoisotopic (exact) mass is 286 g/mol. The molecule has 5 heteroatoms. The third kappa shape index (κ3) is 3.81. The van der Waals surface area contributed by atoms with Crippen LogP contribution in [0, 0.1) is 5.41 Å². The fourth-order valence-corrected chi connectivity index (χ4v) is 2.56. The van der Waals surface area contributed by atoms with Gasteiger partial charge in [0.05, 0.1) is 16.9 Å². The summed E-state index contributed by atoms with van der Waals surface area (Å²) in [5.41, 5.74) is 0.870. The van der Waals surface area contributed by atoms with Crippen LogP contribution in [-0.4, -0.2) is 12.6 Å². The zero-order chi connectivity index (χ0) is 15.0. The van der Waals surface area contributed by atoms with E-state index in [0.717, 1.165) is 24.6 Å². The van der Waals surface area contributed by atoms with Gasteiger partial charge >= 0.3 is 6.18 Å². The summed E-state index contributed by atoms with van der Waals surface area (Å²) in [6, 6.07) is 4.11. The van der Waals surface area contributed by atoms with Gasteiger partial charge in [0.2, 0.25) is 0 Å². The maximum Gasteiger partial charge on any atom is 0.416 e. The van der Waals surface area contributed by atoms with E-state index in [9.17, 15) is 13.2 Å². The van der Waals surface area contributed by atoms with Crippen molar-refractivity contribution in [3.8, 4) is 0 Å². The van der Waals surface area contributed by atoms with Crippen molar-refractivity contribution in [2.75, 3.05) is 17.2 Å². The first-order chi connectivity index (χ1) is 9.15. The number of hydrogen-bond donors (Lipinski definition) is 2. The molecule has 2 nitrogen and oxygen atoms in total. The van der Waals surface area contributed by atoms with Gasteiger partial charge in [-0.05, 0) is 36.5 Å². The zero-order valence-corrected chi connectivity index (χ0v) is 12.1. The fourth-order valence-electron chi connectivity index (χ4n) is 2.56. The van der Waals surface area contributed by atoms with Crippen LogP contribution in [0.2, 0.25) is 0 Å². The molecule has 2 rings (SSSR count). The molecule has 0 amide bonds. The Labute approximate surface area is 117 Å². The van der Waals surface area contributed by atoms with Gasteiger partial charge in [0.15, 0.2) is 0 Å². The predicted molar refractivity (Wildman–Crippen MR) is 76.0 cm³/mol. The van der Waals surface area contributed by atoms with E-state index in [4.69, 9.17) is 0 Å². The molecule has 1 aliphatic heterocycles. The number of nitrogens with one attached hydrogen (secondary N) is 2. The molecule has 20 heavy (non-hydrogen) atoms. The van der Waals surface area contributed by atoms with E-state index in [-0.39, 0.29) is 11.5 Å². The molecular formula is C15H21F3N2. The van der Waals surface area contributed by atoms with Gasteiger partial charge in [-0.1, -0.05) is 20.8 Å². The zero-order valence-electron chi connectivity index (χ0n) is 12.1. The topological polar surface area (TPSA) is 24.1 Å². The van der Waals surface area contributed by atoms with Crippen LogP contribution in [0.5, 0.6) is 0 Å². The molecule has 1 aliphatic rings. The lowest BCUT2D eigenvalue weighted by Crippen LogP contribution is -2.25. The lowest BCUT2D eigenvalue weighted by Gasteiger charge is -2.26. The van der Waals surface area contributed by atoms with Crippen molar-refractivity contribution < 1.29 is 13.2 Å². The molecule has 112 valence electrons. The molecule has 0 aliphatic carbocycles. The molecule has 1 aromatic rings. The van der Waals surface area contributed by atoms with Gasteiger partial charge < -0.3 is 10.6 Å². The summed E-state index contributed by atoms with van der Waals surface area (Å²) in [7, 11) is 0. The quantitative estimate of drug-likeness (QED) is 0.779. The molecule has 1 atom stereocenters. The lowest BCUT2D eigenvalue weighted by atomic mass is 9.87. The Bertz CT molecular complexity index is 475. The van der Waals surface area contributed by atoms with Crippen LogP contribution in [0.3, 0.4) is 0 Å². The number of benzene rings is 1. The molecule has 0 fully saturated rings. The Hall–Kier alpha value is -1.39. The summed E-state index contributed by atoms with van der Waals surface area (Å²) in [6.07, 6.45) is -2.42. The molecule has 1 heterocycles. The maximum absolute atomic E-state index is 12.7. The van der Waals surface area contributed by atoms with E-state index in [2.05, 4.69) is 31.4 Å². The summed E-state index contributed by atoms with van der Waals surface area (Å²) in [5, 5.41) is 6.46. The molecule has 0 saturated carbocycles. The molecule has 0 spiro atoms. The molecule has 0 radical (unpaired) electrons. The molecule has 2 N–H and O–H groups in total. The number of halogens is 3. The summed E-state index contributed by atoms with van der Waals surface area (Å²) in [5.74, 6) is 0. The van der Waals surface area contributed by atoms with Crippen LogP contribution in [0.4, 0.5) is 24.5 Å². The second-order valence-corrected chi connectivity index (χ2v) is 6.58. The average molecular weight is 286 g/mol. The van der Waals surface area contributed by atoms with Gasteiger partial charge in [0.1, 0.15) is 0 Å². The van der Waals surface area contributed by atoms with Crippen LogP contribution in [0.15, 0.2) is 18.2 Å². The highest BCUT2D eigenvalue weighted by atomic mass is 19.4. The van der Waals surface area contributed by atoms with E-state index in [0.29, 0.717) is 12.2 Å². The minimum atomic E-state index is -4.30. The number of alkyl halides is 3. The van der Waals surface area contributed by atoms with Crippen molar-refractivity contribution in [1.29, 1.82) is 0 Å². The number of fused-ring (bicyclic) bond motifs is 1. The van der Waals surface area contributed by atoms with E-state index in [1.807, 2.05) is 0 Å². The molecule has 1 unspecified atom stereocenters.